The number of carbonyl (C=O) groups is 2. The molecule has 0 fully saturated rings. The number of benzene rings is 1. The summed E-state index contributed by atoms with van der Waals surface area (Å²) in [6.07, 6.45) is 1.33. The number of nitrogens with one attached hydrogen (secondary N) is 1. The van der Waals surface area contributed by atoms with Crippen molar-refractivity contribution in [1.29, 1.82) is 0 Å². The van der Waals surface area contributed by atoms with Crippen LogP contribution in [0.15, 0.2) is 29.3 Å². The number of carbonyl (C=O) groups excluding carboxylic acids is 2. The second kappa shape index (κ2) is 7.93. The molecule has 8 heteroatoms. The largest absolute Gasteiger partial charge is 0.462 e. The zero-order valence-corrected chi connectivity index (χ0v) is 17.0. The summed E-state index contributed by atoms with van der Waals surface area (Å²) in [5, 5.41) is 3.13. The molecular weight excluding hydrogens is 378 g/mol. The van der Waals surface area contributed by atoms with E-state index in [-0.39, 0.29) is 24.6 Å². The summed E-state index contributed by atoms with van der Waals surface area (Å²) in [5.74, 6) is -0.800. The van der Waals surface area contributed by atoms with Crippen molar-refractivity contribution in [1.82, 2.24) is 9.55 Å². The molecular formula is C20H21N3O4S. The molecule has 2 heterocycles. The van der Waals surface area contributed by atoms with Crippen LogP contribution in [-0.2, 0) is 16.1 Å². The predicted molar refractivity (Wildman–Crippen MR) is 109 cm³/mol. The van der Waals surface area contributed by atoms with Crippen molar-refractivity contribution in [2.45, 2.75) is 34.2 Å². The summed E-state index contributed by atoms with van der Waals surface area (Å²) >= 11 is 1.12. The van der Waals surface area contributed by atoms with Crippen LogP contribution >= 0.6 is 11.3 Å². The Hall–Kier alpha value is -3.00. The number of ether oxygens (including phenoxy) is 1. The summed E-state index contributed by atoms with van der Waals surface area (Å²) < 4.78 is 6.27. The second-order valence-electron chi connectivity index (χ2n) is 6.48. The van der Waals surface area contributed by atoms with Crippen LogP contribution in [0.4, 0.5) is 5.69 Å². The molecule has 3 aromatic rings. The van der Waals surface area contributed by atoms with Gasteiger partial charge in [0.15, 0.2) is 0 Å². The molecule has 146 valence electrons. The standard InChI is InChI=1S/C20H21N3O4S/c1-5-27-20(26)17-13(4)16-18(28-17)21-10-23(19(16)25)9-15(24)22-14-7-6-11(2)12(3)8-14/h6-8,10H,5,9H2,1-4H3,(H,22,24). The molecule has 1 N–H and O–H groups in total. The van der Waals surface area contributed by atoms with E-state index in [2.05, 4.69) is 10.3 Å². The lowest BCUT2D eigenvalue weighted by atomic mass is 10.1. The van der Waals surface area contributed by atoms with Crippen molar-refractivity contribution in [3.63, 3.8) is 0 Å². The molecule has 0 aliphatic carbocycles. The average molecular weight is 399 g/mol. The number of fused-ring (bicyclic) bond motifs is 1. The van der Waals surface area contributed by atoms with Gasteiger partial charge in [-0.3, -0.25) is 14.2 Å². The van der Waals surface area contributed by atoms with E-state index in [1.165, 1.54) is 10.9 Å². The number of rotatable bonds is 5. The molecule has 0 atom stereocenters. The number of hydrogen-bond acceptors (Lipinski definition) is 6. The minimum Gasteiger partial charge on any atom is -0.462 e. The first kappa shape index (κ1) is 19.8. The Bertz CT molecular complexity index is 1130. The number of nitrogens with zero attached hydrogens (tertiary/aromatic N) is 2. The Morgan fingerprint density at radius 2 is 1.96 bits per heavy atom. The zero-order chi connectivity index (χ0) is 20.4. The normalized spacial score (nSPS) is 10.9. The van der Waals surface area contributed by atoms with Crippen LogP contribution < -0.4 is 10.9 Å². The molecule has 1 aromatic carbocycles. The van der Waals surface area contributed by atoms with Gasteiger partial charge in [0.1, 0.15) is 16.3 Å². The third kappa shape index (κ3) is 3.82. The highest BCUT2D eigenvalue weighted by Gasteiger charge is 2.20. The molecule has 1 amide bonds. The van der Waals surface area contributed by atoms with Gasteiger partial charge >= 0.3 is 5.97 Å². The topological polar surface area (TPSA) is 90.3 Å². The number of aromatic nitrogens is 2. The number of hydrogen-bond donors (Lipinski definition) is 1. The Labute approximate surface area is 166 Å². The predicted octanol–water partition coefficient (Wildman–Crippen LogP) is 3.20. The first-order chi connectivity index (χ1) is 13.3. The van der Waals surface area contributed by atoms with E-state index in [1.807, 2.05) is 32.0 Å². The van der Waals surface area contributed by atoms with Gasteiger partial charge < -0.3 is 10.1 Å². The lowest BCUT2D eigenvalue weighted by Crippen LogP contribution is -2.28. The van der Waals surface area contributed by atoms with E-state index in [1.54, 1.807) is 13.8 Å². The van der Waals surface area contributed by atoms with Gasteiger partial charge in [-0.15, -0.1) is 11.3 Å². The van der Waals surface area contributed by atoms with Crippen LogP contribution in [0.3, 0.4) is 0 Å². The maximum absolute atomic E-state index is 12.8. The van der Waals surface area contributed by atoms with Crippen molar-refractivity contribution in [3.8, 4) is 0 Å². The molecule has 3 rings (SSSR count). The molecule has 28 heavy (non-hydrogen) atoms. The maximum atomic E-state index is 12.8. The number of esters is 1. The third-order valence-corrected chi connectivity index (χ3v) is 5.66. The van der Waals surface area contributed by atoms with Crippen molar-refractivity contribution < 1.29 is 14.3 Å². The lowest BCUT2D eigenvalue weighted by molar-refractivity contribution is -0.116. The van der Waals surface area contributed by atoms with Gasteiger partial charge in [-0.1, -0.05) is 6.07 Å². The minimum absolute atomic E-state index is 0.168. The van der Waals surface area contributed by atoms with Gasteiger partial charge in [-0.25, -0.2) is 9.78 Å². The number of amides is 1. The van der Waals surface area contributed by atoms with Gasteiger partial charge in [-0.2, -0.15) is 0 Å². The van der Waals surface area contributed by atoms with Gasteiger partial charge in [-0.05, 0) is 56.5 Å². The fourth-order valence-electron chi connectivity index (χ4n) is 2.84. The molecule has 0 saturated heterocycles. The summed E-state index contributed by atoms with van der Waals surface area (Å²) in [7, 11) is 0. The number of anilines is 1. The zero-order valence-electron chi connectivity index (χ0n) is 16.2. The van der Waals surface area contributed by atoms with Crippen molar-refractivity contribution in [2.24, 2.45) is 0 Å². The number of thiophene rings is 1. The highest BCUT2D eigenvalue weighted by Crippen LogP contribution is 2.27. The number of aryl methyl sites for hydroxylation is 3. The molecule has 0 unspecified atom stereocenters. The summed E-state index contributed by atoms with van der Waals surface area (Å²) in [4.78, 5) is 42.3. The molecule has 0 bridgehead atoms. The first-order valence-corrected chi connectivity index (χ1v) is 9.66. The van der Waals surface area contributed by atoms with E-state index < -0.39 is 5.97 Å². The highest BCUT2D eigenvalue weighted by molar-refractivity contribution is 7.20. The summed E-state index contributed by atoms with van der Waals surface area (Å²) in [6.45, 7) is 7.46. The molecule has 0 radical (unpaired) electrons. The third-order valence-electron chi connectivity index (χ3n) is 4.48. The van der Waals surface area contributed by atoms with E-state index >= 15 is 0 Å². The van der Waals surface area contributed by atoms with Crippen LogP contribution in [-0.4, -0.2) is 28.0 Å². The van der Waals surface area contributed by atoms with Gasteiger partial charge in [0.25, 0.3) is 5.56 Å². The summed E-state index contributed by atoms with van der Waals surface area (Å²) in [5.41, 5.74) is 3.04. The quantitative estimate of drug-likeness (QED) is 0.666. The smallest absolute Gasteiger partial charge is 0.348 e. The maximum Gasteiger partial charge on any atom is 0.348 e. The average Bonchev–Trinajstić information content (AvgIpc) is 2.98. The van der Waals surface area contributed by atoms with Gasteiger partial charge in [0.2, 0.25) is 5.91 Å². The monoisotopic (exact) mass is 399 g/mol. The van der Waals surface area contributed by atoms with Gasteiger partial charge in [0.05, 0.1) is 18.3 Å². The van der Waals surface area contributed by atoms with Crippen LogP contribution in [0.25, 0.3) is 10.2 Å². The van der Waals surface area contributed by atoms with Crippen LogP contribution in [0.1, 0.15) is 33.3 Å². The lowest BCUT2D eigenvalue weighted by Gasteiger charge is -2.09. The minimum atomic E-state index is -0.471. The van der Waals surface area contributed by atoms with Crippen molar-refractivity contribution in [3.05, 3.63) is 56.4 Å². The Balaban J connectivity index is 1.87. The van der Waals surface area contributed by atoms with Crippen LogP contribution in [0, 0.1) is 20.8 Å². The SMILES string of the molecule is CCOC(=O)c1sc2ncn(CC(=O)Nc3ccc(C)c(C)c3)c(=O)c2c1C. The fraction of sp³-hybridized carbons (Fsp3) is 0.300. The Kier molecular flexibility index (Phi) is 5.60. The van der Waals surface area contributed by atoms with Crippen LogP contribution in [0.2, 0.25) is 0 Å². The molecule has 0 spiro atoms. The molecule has 0 aliphatic rings. The first-order valence-electron chi connectivity index (χ1n) is 8.84. The van der Waals surface area contributed by atoms with E-state index in [4.69, 9.17) is 4.74 Å². The molecule has 0 aliphatic heterocycles. The van der Waals surface area contributed by atoms with E-state index in [9.17, 15) is 14.4 Å². The Morgan fingerprint density at radius 3 is 2.64 bits per heavy atom. The van der Waals surface area contributed by atoms with Crippen molar-refractivity contribution >= 4 is 39.1 Å². The van der Waals surface area contributed by atoms with E-state index in [0.717, 1.165) is 22.5 Å². The molecule has 2 aromatic heterocycles. The van der Waals surface area contributed by atoms with E-state index in [0.29, 0.717) is 26.3 Å². The Morgan fingerprint density at radius 1 is 1.21 bits per heavy atom. The summed E-state index contributed by atoms with van der Waals surface area (Å²) in [6, 6.07) is 5.63. The van der Waals surface area contributed by atoms with Gasteiger partial charge in [0, 0.05) is 5.69 Å². The molecule has 0 saturated carbocycles. The van der Waals surface area contributed by atoms with Crippen molar-refractivity contribution in [2.75, 3.05) is 11.9 Å². The fourth-order valence-corrected chi connectivity index (χ4v) is 3.87. The van der Waals surface area contributed by atoms with Crippen LogP contribution in [0.5, 0.6) is 0 Å². The highest BCUT2D eigenvalue weighted by atomic mass is 32.1. The molecule has 7 nitrogen and oxygen atoms in total. The second-order valence-corrected chi connectivity index (χ2v) is 7.48.